The van der Waals surface area contributed by atoms with Crippen molar-refractivity contribution in [2.75, 3.05) is 44.2 Å². The normalized spacial score (nSPS) is 16.5. The molecule has 0 atom stereocenters. The Labute approximate surface area is 134 Å². The van der Waals surface area contributed by atoms with E-state index in [0.29, 0.717) is 0 Å². The number of aryl methyl sites for hydroxylation is 1. The number of fused-ring (bicyclic) bond motifs is 3. The molecule has 0 saturated carbocycles. The lowest BCUT2D eigenvalue weighted by Gasteiger charge is -2.34. The van der Waals surface area contributed by atoms with Crippen LogP contribution in [0.15, 0.2) is 28.7 Å². The van der Waals surface area contributed by atoms with Gasteiger partial charge < -0.3 is 14.4 Å². The first-order valence-electron chi connectivity index (χ1n) is 8.00. The topological polar surface area (TPSA) is 65.6 Å². The highest BCUT2D eigenvalue weighted by atomic mass is 16.3. The average Bonchev–Trinajstić information content (AvgIpc) is 2.94. The van der Waals surface area contributed by atoms with E-state index in [1.54, 1.807) is 0 Å². The van der Waals surface area contributed by atoms with Crippen LogP contribution in [-0.4, -0.2) is 59.3 Å². The minimum absolute atomic E-state index is 0.209. The van der Waals surface area contributed by atoms with Crippen molar-refractivity contribution in [2.45, 2.75) is 6.92 Å². The average molecular weight is 312 g/mol. The Morgan fingerprint density at radius 2 is 1.91 bits per heavy atom. The van der Waals surface area contributed by atoms with Gasteiger partial charge in [0.15, 0.2) is 11.4 Å². The molecule has 1 aliphatic rings. The van der Waals surface area contributed by atoms with Gasteiger partial charge >= 0.3 is 0 Å². The predicted molar refractivity (Wildman–Crippen MR) is 89.8 cm³/mol. The van der Waals surface area contributed by atoms with Gasteiger partial charge in [-0.05, 0) is 19.1 Å². The van der Waals surface area contributed by atoms with E-state index in [9.17, 15) is 0 Å². The Balaban J connectivity index is 1.75. The Morgan fingerprint density at radius 3 is 2.70 bits per heavy atom. The molecule has 1 saturated heterocycles. The number of hydrogen-bond donors (Lipinski definition) is 1. The number of nitrogens with zero attached hydrogens (tertiary/aromatic N) is 4. The van der Waals surface area contributed by atoms with Gasteiger partial charge in [0.25, 0.3) is 0 Å². The van der Waals surface area contributed by atoms with Crippen LogP contribution in [0.1, 0.15) is 5.82 Å². The van der Waals surface area contributed by atoms with Crippen molar-refractivity contribution in [1.82, 2.24) is 14.9 Å². The first-order chi connectivity index (χ1) is 11.3. The van der Waals surface area contributed by atoms with E-state index in [1.807, 2.05) is 31.2 Å². The number of furan rings is 1. The first kappa shape index (κ1) is 14.4. The lowest BCUT2D eigenvalue weighted by molar-refractivity contribution is 0.188. The summed E-state index contributed by atoms with van der Waals surface area (Å²) in [7, 11) is 0. The fraction of sp³-hybridized carbons (Fsp3) is 0.412. The van der Waals surface area contributed by atoms with E-state index in [-0.39, 0.29) is 6.61 Å². The van der Waals surface area contributed by atoms with E-state index in [0.717, 1.165) is 66.4 Å². The maximum absolute atomic E-state index is 9.07. The van der Waals surface area contributed by atoms with E-state index in [1.165, 1.54) is 0 Å². The van der Waals surface area contributed by atoms with Gasteiger partial charge in [-0.25, -0.2) is 9.97 Å². The van der Waals surface area contributed by atoms with Crippen molar-refractivity contribution >= 4 is 27.9 Å². The zero-order chi connectivity index (χ0) is 15.8. The van der Waals surface area contributed by atoms with Crippen molar-refractivity contribution in [3.8, 4) is 0 Å². The molecular weight excluding hydrogens is 292 g/mol. The summed E-state index contributed by atoms with van der Waals surface area (Å²) in [4.78, 5) is 13.8. The third-order valence-electron chi connectivity index (χ3n) is 4.40. The van der Waals surface area contributed by atoms with Crippen LogP contribution < -0.4 is 4.90 Å². The molecule has 0 radical (unpaired) electrons. The number of hydrogen-bond acceptors (Lipinski definition) is 6. The number of rotatable bonds is 3. The van der Waals surface area contributed by atoms with E-state index in [4.69, 9.17) is 9.52 Å². The Morgan fingerprint density at radius 1 is 1.13 bits per heavy atom. The molecule has 1 aliphatic heterocycles. The summed E-state index contributed by atoms with van der Waals surface area (Å²) < 4.78 is 6.05. The largest absolute Gasteiger partial charge is 0.450 e. The minimum Gasteiger partial charge on any atom is -0.450 e. The van der Waals surface area contributed by atoms with Crippen molar-refractivity contribution in [3.05, 3.63) is 30.1 Å². The zero-order valence-electron chi connectivity index (χ0n) is 13.2. The zero-order valence-corrected chi connectivity index (χ0v) is 13.2. The van der Waals surface area contributed by atoms with Crippen LogP contribution in [0.3, 0.4) is 0 Å². The summed E-state index contributed by atoms with van der Waals surface area (Å²) in [5.41, 5.74) is 2.51. The molecule has 0 bridgehead atoms. The van der Waals surface area contributed by atoms with Gasteiger partial charge in [-0.3, -0.25) is 4.90 Å². The van der Waals surface area contributed by atoms with Gasteiger partial charge in [-0.15, -0.1) is 0 Å². The highest BCUT2D eigenvalue weighted by Crippen LogP contribution is 2.33. The molecule has 6 heteroatoms. The number of β-amino-alcohol motifs (C(OH)–C–C–N with tert-alkyl or cyclic N) is 1. The maximum Gasteiger partial charge on any atom is 0.196 e. The third-order valence-corrected chi connectivity index (χ3v) is 4.40. The standard InChI is InChI=1S/C17H20N4O2/c1-12-18-15-13-4-2-3-5-14(13)23-16(15)17(19-12)21-8-6-20(7-9-21)10-11-22/h2-5,22H,6-11H2,1H3. The van der Waals surface area contributed by atoms with Crippen molar-refractivity contribution < 1.29 is 9.52 Å². The lowest BCUT2D eigenvalue weighted by Crippen LogP contribution is -2.47. The molecule has 0 aliphatic carbocycles. The van der Waals surface area contributed by atoms with Crippen LogP contribution in [0.2, 0.25) is 0 Å². The molecule has 0 amide bonds. The van der Waals surface area contributed by atoms with E-state index >= 15 is 0 Å². The van der Waals surface area contributed by atoms with E-state index in [2.05, 4.69) is 19.8 Å². The predicted octanol–water partition coefficient (Wildman–Crippen LogP) is 1.80. The second-order valence-corrected chi connectivity index (χ2v) is 5.92. The second-order valence-electron chi connectivity index (χ2n) is 5.92. The monoisotopic (exact) mass is 312 g/mol. The molecule has 3 aromatic rings. The summed E-state index contributed by atoms with van der Waals surface area (Å²) in [6, 6.07) is 7.98. The summed E-state index contributed by atoms with van der Waals surface area (Å²) in [6.07, 6.45) is 0. The molecule has 0 unspecified atom stereocenters. The van der Waals surface area contributed by atoms with E-state index < -0.39 is 0 Å². The van der Waals surface area contributed by atoms with Crippen molar-refractivity contribution in [3.63, 3.8) is 0 Å². The number of piperazine rings is 1. The van der Waals surface area contributed by atoms with Gasteiger partial charge in [-0.1, -0.05) is 12.1 Å². The van der Waals surface area contributed by atoms with Gasteiger partial charge in [0, 0.05) is 38.1 Å². The summed E-state index contributed by atoms with van der Waals surface area (Å²) in [5.74, 6) is 1.64. The molecule has 1 aromatic carbocycles. The van der Waals surface area contributed by atoms with Crippen LogP contribution in [0.4, 0.5) is 5.82 Å². The molecule has 1 N–H and O–H groups in total. The molecule has 4 rings (SSSR count). The van der Waals surface area contributed by atoms with Crippen molar-refractivity contribution in [1.29, 1.82) is 0 Å². The Kier molecular flexibility index (Phi) is 3.63. The minimum atomic E-state index is 0.209. The summed E-state index contributed by atoms with van der Waals surface area (Å²) in [6.45, 7) is 6.46. The third kappa shape index (κ3) is 2.54. The molecule has 120 valence electrons. The number of anilines is 1. The van der Waals surface area contributed by atoms with Gasteiger partial charge in [-0.2, -0.15) is 0 Å². The van der Waals surface area contributed by atoms with Crippen LogP contribution in [0.5, 0.6) is 0 Å². The summed E-state index contributed by atoms with van der Waals surface area (Å²) in [5, 5.41) is 10.1. The molecular formula is C17H20N4O2. The van der Waals surface area contributed by atoms with Crippen LogP contribution in [0.25, 0.3) is 22.1 Å². The van der Waals surface area contributed by atoms with Gasteiger partial charge in [0.1, 0.15) is 16.9 Å². The molecule has 3 heterocycles. The molecule has 1 fully saturated rings. The number of aliphatic hydroxyl groups is 1. The highest BCUT2D eigenvalue weighted by Gasteiger charge is 2.23. The number of benzene rings is 1. The first-order valence-corrected chi connectivity index (χ1v) is 8.00. The molecule has 6 nitrogen and oxygen atoms in total. The smallest absolute Gasteiger partial charge is 0.196 e. The SMILES string of the molecule is Cc1nc(N2CCN(CCO)CC2)c2oc3ccccc3c2n1. The maximum atomic E-state index is 9.07. The fourth-order valence-corrected chi connectivity index (χ4v) is 3.22. The number of para-hydroxylation sites is 1. The lowest BCUT2D eigenvalue weighted by atomic mass is 10.2. The van der Waals surface area contributed by atoms with Crippen LogP contribution >= 0.6 is 0 Å². The quantitative estimate of drug-likeness (QED) is 0.795. The molecule has 0 spiro atoms. The molecule has 2 aromatic heterocycles. The highest BCUT2D eigenvalue weighted by molar-refractivity contribution is 6.05. The van der Waals surface area contributed by atoms with Crippen LogP contribution in [-0.2, 0) is 0 Å². The second kappa shape index (κ2) is 5.79. The Bertz CT molecular complexity index is 837. The summed E-state index contributed by atoms with van der Waals surface area (Å²) >= 11 is 0. The fourth-order valence-electron chi connectivity index (χ4n) is 3.22. The van der Waals surface area contributed by atoms with Gasteiger partial charge in [0.05, 0.1) is 6.61 Å². The Hall–Kier alpha value is -2.18. The van der Waals surface area contributed by atoms with Crippen molar-refractivity contribution in [2.24, 2.45) is 0 Å². The molecule has 23 heavy (non-hydrogen) atoms. The number of aliphatic hydroxyl groups excluding tert-OH is 1. The van der Waals surface area contributed by atoms with Gasteiger partial charge in [0.2, 0.25) is 0 Å². The number of aromatic nitrogens is 2. The van der Waals surface area contributed by atoms with Crippen LogP contribution in [0, 0.1) is 6.92 Å².